The van der Waals surface area contributed by atoms with Crippen molar-refractivity contribution in [2.45, 2.75) is 13.5 Å². The molecular formula is C11H12N2O4. The number of hydrogen-bond donors (Lipinski definition) is 1. The summed E-state index contributed by atoms with van der Waals surface area (Å²) in [4.78, 5) is 15.2. The predicted octanol–water partition coefficient (Wildman–Crippen LogP) is 2.06. The van der Waals surface area contributed by atoms with Gasteiger partial charge in [-0.1, -0.05) is 0 Å². The fraction of sp³-hybridized carbons (Fsp3) is 0.273. The van der Waals surface area contributed by atoms with Gasteiger partial charge in [-0.25, -0.2) is 4.79 Å². The average Bonchev–Trinajstić information content (AvgIpc) is 2.98. The molecule has 17 heavy (non-hydrogen) atoms. The third-order valence-corrected chi connectivity index (χ3v) is 1.98. The fourth-order valence-electron chi connectivity index (χ4n) is 1.23. The number of esters is 1. The van der Waals surface area contributed by atoms with Crippen molar-refractivity contribution in [3.8, 4) is 0 Å². The summed E-state index contributed by atoms with van der Waals surface area (Å²) in [5.41, 5.74) is 0.147. The molecule has 2 rings (SSSR count). The van der Waals surface area contributed by atoms with E-state index in [1.807, 2.05) is 6.07 Å². The third kappa shape index (κ3) is 2.87. The van der Waals surface area contributed by atoms with E-state index >= 15 is 0 Å². The average molecular weight is 236 g/mol. The van der Waals surface area contributed by atoms with E-state index in [0.717, 1.165) is 5.76 Å². The molecule has 2 aromatic heterocycles. The maximum Gasteiger partial charge on any atom is 0.360 e. The Morgan fingerprint density at radius 2 is 2.41 bits per heavy atom. The van der Waals surface area contributed by atoms with Crippen molar-refractivity contribution in [2.75, 3.05) is 11.9 Å². The first-order valence-electron chi connectivity index (χ1n) is 5.18. The first kappa shape index (κ1) is 11.3. The molecule has 90 valence electrons. The highest BCUT2D eigenvalue weighted by molar-refractivity contribution is 5.87. The van der Waals surface area contributed by atoms with Gasteiger partial charge < -0.3 is 18.9 Å². The number of rotatable bonds is 5. The maximum atomic E-state index is 11.3. The van der Waals surface area contributed by atoms with Crippen LogP contribution in [0.1, 0.15) is 23.2 Å². The number of aromatic nitrogens is 1. The number of nitrogens with zero attached hydrogens (tertiary/aromatic N) is 1. The lowest BCUT2D eigenvalue weighted by Gasteiger charge is -1.97. The number of carbonyl (C=O) groups is 1. The Bertz CT molecular complexity index is 475. The van der Waals surface area contributed by atoms with Crippen LogP contribution in [0, 0.1) is 0 Å². The number of nitrogens with one attached hydrogen (secondary N) is 1. The third-order valence-electron chi connectivity index (χ3n) is 1.98. The Labute approximate surface area is 97.6 Å². The van der Waals surface area contributed by atoms with Gasteiger partial charge in [0.15, 0.2) is 5.69 Å². The van der Waals surface area contributed by atoms with Gasteiger partial charge in [0.05, 0.1) is 19.4 Å². The predicted molar refractivity (Wildman–Crippen MR) is 58.5 cm³/mol. The quantitative estimate of drug-likeness (QED) is 0.800. The van der Waals surface area contributed by atoms with Crippen LogP contribution in [0.4, 0.5) is 6.01 Å². The molecule has 0 aliphatic carbocycles. The number of furan rings is 1. The summed E-state index contributed by atoms with van der Waals surface area (Å²) in [6, 6.07) is 3.86. The standard InChI is InChI=1S/C11H12N2O4/c1-2-15-10(14)9-7-17-11(13-9)12-6-8-4-3-5-16-8/h3-5,7H,2,6H2,1H3,(H,12,13). The molecule has 0 amide bonds. The first-order chi connectivity index (χ1) is 8.29. The Kier molecular flexibility index (Phi) is 3.44. The van der Waals surface area contributed by atoms with Crippen molar-refractivity contribution >= 4 is 12.0 Å². The minimum absolute atomic E-state index is 0.147. The summed E-state index contributed by atoms with van der Waals surface area (Å²) in [5, 5.41) is 2.89. The molecule has 0 aliphatic rings. The smallest absolute Gasteiger partial charge is 0.360 e. The second kappa shape index (κ2) is 5.20. The number of oxazole rings is 1. The van der Waals surface area contributed by atoms with Crippen molar-refractivity contribution < 1.29 is 18.4 Å². The molecule has 6 heteroatoms. The van der Waals surface area contributed by atoms with E-state index in [-0.39, 0.29) is 11.7 Å². The van der Waals surface area contributed by atoms with Crippen LogP contribution in [-0.4, -0.2) is 17.6 Å². The van der Waals surface area contributed by atoms with Crippen LogP contribution in [0.15, 0.2) is 33.5 Å². The minimum Gasteiger partial charge on any atom is -0.467 e. The zero-order valence-corrected chi connectivity index (χ0v) is 9.30. The molecule has 0 unspecified atom stereocenters. The van der Waals surface area contributed by atoms with E-state index in [1.165, 1.54) is 6.26 Å². The monoisotopic (exact) mass is 236 g/mol. The van der Waals surface area contributed by atoms with Gasteiger partial charge in [-0.05, 0) is 19.1 Å². The van der Waals surface area contributed by atoms with E-state index in [9.17, 15) is 4.79 Å². The van der Waals surface area contributed by atoms with Gasteiger partial charge in [0.1, 0.15) is 12.0 Å². The molecule has 0 fully saturated rings. The summed E-state index contributed by atoms with van der Waals surface area (Å²) in [6.07, 6.45) is 2.83. The van der Waals surface area contributed by atoms with Gasteiger partial charge in [0, 0.05) is 0 Å². The van der Waals surface area contributed by atoms with E-state index in [1.54, 1.807) is 19.3 Å². The van der Waals surface area contributed by atoms with Crippen molar-refractivity contribution in [1.29, 1.82) is 0 Å². The molecule has 2 aromatic rings. The van der Waals surface area contributed by atoms with E-state index < -0.39 is 5.97 Å². The van der Waals surface area contributed by atoms with Crippen molar-refractivity contribution in [3.63, 3.8) is 0 Å². The van der Waals surface area contributed by atoms with Crippen LogP contribution in [0.25, 0.3) is 0 Å². The molecular weight excluding hydrogens is 224 g/mol. The van der Waals surface area contributed by atoms with Gasteiger partial charge in [-0.3, -0.25) is 0 Å². The normalized spacial score (nSPS) is 10.2. The van der Waals surface area contributed by atoms with Crippen LogP contribution in [0.2, 0.25) is 0 Å². The van der Waals surface area contributed by atoms with Gasteiger partial charge >= 0.3 is 5.97 Å². The molecule has 0 aromatic carbocycles. The summed E-state index contributed by atoms with van der Waals surface area (Å²) in [6.45, 7) is 2.48. The van der Waals surface area contributed by atoms with E-state index in [4.69, 9.17) is 13.6 Å². The molecule has 0 aliphatic heterocycles. The second-order valence-electron chi connectivity index (χ2n) is 3.19. The van der Waals surface area contributed by atoms with Crippen LogP contribution in [-0.2, 0) is 11.3 Å². The van der Waals surface area contributed by atoms with Gasteiger partial charge in [0.2, 0.25) is 0 Å². The molecule has 0 radical (unpaired) electrons. The summed E-state index contributed by atoms with van der Waals surface area (Å²) < 4.78 is 15.0. The first-order valence-corrected chi connectivity index (χ1v) is 5.18. The van der Waals surface area contributed by atoms with Gasteiger partial charge in [-0.2, -0.15) is 4.98 Å². The summed E-state index contributed by atoms with van der Waals surface area (Å²) in [5.74, 6) is 0.253. The Morgan fingerprint density at radius 3 is 3.12 bits per heavy atom. The van der Waals surface area contributed by atoms with E-state index in [0.29, 0.717) is 13.2 Å². The van der Waals surface area contributed by atoms with Crippen LogP contribution in [0.5, 0.6) is 0 Å². The highest BCUT2D eigenvalue weighted by Crippen LogP contribution is 2.10. The highest BCUT2D eigenvalue weighted by Gasteiger charge is 2.12. The number of carbonyl (C=O) groups excluding carboxylic acids is 1. The zero-order chi connectivity index (χ0) is 12.1. The number of hydrogen-bond acceptors (Lipinski definition) is 6. The topological polar surface area (TPSA) is 77.5 Å². The minimum atomic E-state index is -0.498. The van der Waals surface area contributed by atoms with Crippen LogP contribution < -0.4 is 5.32 Å². The number of ether oxygens (including phenoxy) is 1. The van der Waals surface area contributed by atoms with Gasteiger partial charge in [-0.15, -0.1) is 0 Å². The zero-order valence-electron chi connectivity index (χ0n) is 9.30. The second-order valence-corrected chi connectivity index (χ2v) is 3.19. The lowest BCUT2D eigenvalue weighted by Crippen LogP contribution is -2.05. The highest BCUT2D eigenvalue weighted by atomic mass is 16.5. The summed E-state index contributed by atoms with van der Waals surface area (Å²) >= 11 is 0. The Morgan fingerprint density at radius 1 is 1.53 bits per heavy atom. The lowest BCUT2D eigenvalue weighted by molar-refractivity contribution is 0.0519. The van der Waals surface area contributed by atoms with E-state index in [2.05, 4.69) is 10.3 Å². The fourth-order valence-corrected chi connectivity index (χ4v) is 1.23. The largest absolute Gasteiger partial charge is 0.467 e. The van der Waals surface area contributed by atoms with Gasteiger partial charge in [0.25, 0.3) is 6.01 Å². The molecule has 1 N–H and O–H groups in total. The molecule has 0 atom stereocenters. The lowest BCUT2D eigenvalue weighted by atomic mass is 10.4. The van der Waals surface area contributed by atoms with Crippen molar-refractivity contribution in [3.05, 3.63) is 36.1 Å². The maximum absolute atomic E-state index is 11.3. The molecule has 0 saturated carbocycles. The SMILES string of the molecule is CCOC(=O)c1coc(NCc2ccco2)n1. The molecule has 0 spiro atoms. The summed E-state index contributed by atoms with van der Waals surface area (Å²) in [7, 11) is 0. The number of anilines is 1. The van der Waals surface area contributed by atoms with Crippen LogP contribution >= 0.6 is 0 Å². The molecule has 0 saturated heterocycles. The van der Waals surface area contributed by atoms with Crippen molar-refractivity contribution in [2.24, 2.45) is 0 Å². The molecule has 6 nitrogen and oxygen atoms in total. The Hall–Kier alpha value is -2.24. The van der Waals surface area contributed by atoms with Crippen molar-refractivity contribution in [1.82, 2.24) is 4.98 Å². The van der Waals surface area contributed by atoms with Crippen LogP contribution in [0.3, 0.4) is 0 Å². The Balaban J connectivity index is 1.92. The molecule has 0 bridgehead atoms. The molecule has 2 heterocycles.